The van der Waals surface area contributed by atoms with Crippen LogP contribution in [0, 0.1) is 0 Å². The summed E-state index contributed by atoms with van der Waals surface area (Å²) < 4.78 is 32.2. The van der Waals surface area contributed by atoms with Crippen LogP contribution in [0.15, 0.2) is 53.4 Å². The van der Waals surface area contributed by atoms with E-state index in [0.717, 1.165) is 36.1 Å². The van der Waals surface area contributed by atoms with Gasteiger partial charge in [0.25, 0.3) is 0 Å². The number of methoxy groups -OCH3 is 1. The van der Waals surface area contributed by atoms with Crippen LogP contribution in [0.5, 0.6) is 5.75 Å². The van der Waals surface area contributed by atoms with Crippen LogP contribution in [-0.2, 0) is 21.2 Å². The number of amides is 1. The zero-order valence-corrected chi connectivity index (χ0v) is 18.5. The maximum Gasteiger partial charge on any atom is 0.243 e. The summed E-state index contributed by atoms with van der Waals surface area (Å²) in [6.07, 6.45) is 3.83. The molecule has 0 bridgehead atoms. The van der Waals surface area contributed by atoms with E-state index in [-0.39, 0.29) is 11.9 Å². The number of carbonyl (C=O) groups excluding carboxylic acids is 1. The lowest BCUT2D eigenvalue weighted by Crippen LogP contribution is -2.35. The maximum absolute atomic E-state index is 12.7. The number of carbonyl (C=O) groups is 1. The number of hydrogen-bond donors (Lipinski definition) is 1. The quantitative estimate of drug-likeness (QED) is 0.693. The lowest BCUT2D eigenvalue weighted by Gasteiger charge is -2.25. The summed E-state index contributed by atoms with van der Waals surface area (Å²) in [6, 6.07) is 14.4. The first-order chi connectivity index (χ1) is 14.4. The first-order valence-electron chi connectivity index (χ1n) is 10.4. The smallest absolute Gasteiger partial charge is 0.243 e. The molecule has 1 aliphatic heterocycles. The second-order valence-corrected chi connectivity index (χ2v) is 9.61. The van der Waals surface area contributed by atoms with Gasteiger partial charge in [0.15, 0.2) is 0 Å². The highest BCUT2D eigenvalue weighted by Crippen LogP contribution is 2.21. The minimum absolute atomic E-state index is 0.0386. The number of sulfonamides is 1. The molecule has 162 valence electrons. The van der Waals surface area contributed by atoms with Crippen molar-refractivity contribution in [3.63, 3.8) is 0 Å². The van der Waals surface area contributed by atoms with Crippen LogP contribution in [0.3, 0.4) is 0 Å². The van der Waals surface area contributed by atoms with Gasteiger partial charge in [-0.25, -0.2) is 8.42 Å². The van der Waals surface area contributed by atoms with Gasteiger partial charge in [-0.05, 0) is 61.6 Å². The molecule has 1 atom stereocenters. The van der Waals surface area contributed by atoms with Crippen LogP contribution in [0.2, 0.25) is 0 Å². The lowest BCUT2D eigenvalue weighted by atomic mass is 10.1. The van der Waals surface area contributed by atoms with Crippen molar-refractivity contribution in [3.05, 3.63) is 59.7 Å². The highest BCUT2D eigenvalue weighted by Gasteiger charge is 2.25. The summed E-state index contributed by atoms with van der Waals surface area (Å²) in [6.45, 7) is 3.13. The Morgan fingerprint density at radius 3 is 2.27 bits per heavy atom. The van der Waals surface area contributed by atoms with Crippen LogP contribution in [0.25, 0.3) is 0 Å². The standard InChI is InChI=1S/C23H30N2O4S/c1-18(20-9-11-21(29-2)12-10-20)24-23(26)15-8-19-6-13-22(14-7-19)30(27,28)25-16-4-3-5-17-25/h6-7,9-14,18H,3-5,8,15-17H2,1-2H3,(H,24,26)/t18-/m0/s1. The second kappa shape index (κ2) is 10.1. The molecule has 6 nitrogen and oxygen atoms in total. The highest BCUT2D eigenvalue weighted by atomic mass is 32.2. The van der Waals surface area contributed by atoms with Gasteiger partial charge >= 0.3 is 0 Å². The molecule has 1 N–H and O–H groups in total. The number of benzene rings is 2. The average Bonchev–Trinajstić information content (AvgIpc) is 2.78. The highest BCUT2D eigenvalue weighted by molar-refractivity contribution is 7.89. The number of nitrogens with one attached hydrogen (secondary N) is 1. The third kappa shape index (κ3) is 5.61. The van der Waals surface area contributed by atoms with Crippen molar-refractivity contribution < 1.29 is 17.9 Å². The van der Waals surface area contributed by atoms with E-state index in [0.29, 0.717) is 30.8 Å². The number of hydrogen-bond acceptors (Lipinski definition) is 4. The summed E-state index contributed by atoms with van der Waals surface area (Å²) in [7, 11) is -1.80. The normalized spacial score (nSPS) is 16.1. The van der Waals surface area contributed by atoms with Crippen molar-refractivity contribution in [3.8, 4) is 5.75 Å². The monoisotopic (exact) mass is 430 g/mol. The van der Waals surface area contributed by atoms with Crippen molar-refractivity contribution >= 4 is 15.9 Å². The average molecular weight is 431 g/mol. The molecular formula is C23H30N2O4S. The Labute approximate surface area is 179 Å². The predicted molar refractivity (Wildman–Crippen MR) is 117 cm³/mol. The Bertz CT molecular complexity index is 934. The van der Waals surface area contributed by atoms with Crippen molar-refractivity contribution in [2.45, 2.75) is 50.0 Å². The van der Waals surface area contributed by atoms with Gasteiger partial charge < -0.3 is 10.1 Å². The zero-order chi connectivity index (χ0) is 21.6. The van der Waals surface area contributed by atoms with Crippen LogP contribution in [-0.4, -0.2) is 38.8 Å². The van der Waals surface area contributed by atoms with Crippen LogP contribution < -0.4 is 10.1 Å². The molecule has 0 aliphatic carbocycles. The molecule has 2 aromatic rings. The van der Waals surface area contributed by atoms with E-state index >= 15 is 0 Å². The van der Waals surface area contributed by atoms with Crippen LogP contribution in [0.1, 0.15) is 49.8 Å². The molecule has 0 spiro atoms. The van der Waals surface area contributed by atoms with Crippen molar-refractivity contribution in [1.29, 1.82) is 0 Å². The molecule has 0 radical (unpaired) electrons. The number of aryl methyl sites for hydroxylation is 1. The lowest BCUT2D eigenvalue weighted by molar-refractivity contribution is -0.121. The molecule has 0 unspecified atom stereocenters. The van der Waals surface area contributed by atoms with E-state index in [1.165, 1.54) is 0 Å². The molecule has 30 heavy (non-hydrogen) atoms. The Morgan fingerprint density at radius 2 is 1.67 bits per heavy atom. The Balaban J connectivity index is 1.52. The predicted octanol–water partition coefficient (Wildman–Crippen LogP) is 3.68. The van der Waals surface area contributed by atoms with Crippen LogP contribution in [0.4, 0.5) is 0 Å². The largest absolute Gasteiger partial charge is 0.497 e. The molecular weight excluding hydrogens is 400 g/mol. The van der Waals surface area contributed by atoms with Crippen molar-refractivity contribution in [2.24, 2.45) is 0 Å². The van der Waals surface area contributed by atoms with Gasteiger partial charge in [0.1, 0.15) is 5.75 Å². The SMILES string of the molecule is COc1ccc([C@H](C)NC(=O)CCc2ccc(S(=O)(=O)N3CCCCC3)cc2)cc1. The molecule has 0 aromatic heterocycles. The Morgan fingerprint density at radius 1 is 1.03 bits per heavy atom. The Hall–Kier alpha value is -2.38. The molecule has 1 amide bonds. The maximum atomic E-state index is 12.7. The fourth-order valence-electron chi connectivity index (χ4n) is 3.63. The summed E-state index contributed by atoms with van der Waals surface area (Å²) in [5, 5.41) is 3.00. The van der Waals surface area contributed by atoms with Gasteiger partial charge in [0.2, 0.25) is 15.9 Å². The first-order valence-corrected chi connectivity index (χ1v) is 11.9. The number of piperidine rings is 1. The van der Waals surface area contributed by atoms with E-state index in [1.54, 1.807) is 35.7 Å². The molecule has 1 aliphatic rings. The van der Waals surface area contributed by atoms with Crippen LogP contribution >= 0.6 is 0 Å². The van der Waals surface area contributed by atoms with E-state index in [1.807, 2.05) is 31.2 Å². The Kier molecular flexibility index (Phi) is 7.50. The van der Waals surface area contributed by atoms with E-state index in [9.17, 15) is 13.2 Å². The van der Waals surface area contributed by atoms with E-state index in [2.05, 4.69) is 5.32 Å². The van der Waals surface area contributed by atoms with Crippen molar-refractivity contribution in [2.75, 3.05) is 20.2 Å². The summed E-state index contributed by atoms with van der Waals surface area (Å²) in [5.41, 5.74) is 1.95. The van der Waals surface area contributed by atoms with E-state index < -0.39 is 10.0 Å². The zero-order valence-electron chi connectivity index (χ0n) is 17.6. The molecule has 2 aromatic carbocycles. The number of ether oxygens (including phenoxy) is 1. The van der Waals surface area contributed by atoms with E-state index in [4.69, 9.17) is 4.74 Å². The molecule has 3 rings (SSSR count). The molecule has 7 heteroatoms. The fraction of sp³-hybridized carbons (Fsp3) is 0.435. The minimum atomic E-state index is -3.42. The van der Waals surface area contributed by atoms with Gasteiger partial charge in [-0.15, -0.1) is 0 Å². The van der Waals surface area contributed by atoms with Crippen molar-refractivity contribution in [1.82, 2.24) is 9.62 Å². The first kappa shape index (κ1) is 22.3. The molecule has 1 saturated heterocycles. The van der Waals surface area contributed by atoms with Gasteiger partial charge in [0.05, 0.1) is 18.0 Å². The summed E-state index contributed by atoms with van der Waals surface area (Å²) in [4.78, 5) is 12.6. The van der Waals surface area contributed by atoms with Gasteiger partial charge in [-0.2, -0.15) is 4.31 Å². The summed E-state index contributed by atoms with van der Waals surface area (Å²) >= 11 is 0. The molecule has 1 heterocycles. The third-order valence-electron chi connectivity index (χ3n) is 5.51. The molecule has 1 fully saturated rings. The summed E-state index contributed by atoms with van der Waals surface area (Å²) in [5.74, 6) is 0.742. The second-order valence-electron chi connectivity index (χ2n) is 7.67. The van der Waals surface area contributed by atoms with Gasteiger partial charge in [-0.3, -0.25) is 4.79 Å². The number of rotatable bonds is 8. The van der Waals surface area contributed by atoms with Gasteiger partial charge in [-0.1, -0.05) is 30.7 Å². The fourth-order valence-corrected chi connectivity index (χ4v) is 5.15. The van der Waals surface area contributed by atoms with Gasteiger partial charge in [0, 0.05) is 19.5 Å². The topological polar surface area (TPSA) is 75.7 Å². The number of nitrogens with zero attached hydrogens (tertiary/aromatic N) is 1. The minimum Gasteiger partial charge on any atom is -0.497 e. The third-order valence-corrected chi connectivity index (χ3v) is 7.42. The molecule has 0 saturated carbocycles.